The molecule has 7 heteroatoms. The van der Waals surface area contributed by atoms with E-state index >= 15 is 0 Å². The molecule has 0 amide bonds. The Labute approximate surface area is 142 Å². The molecular formula is C17H15N3O3S. The van der Waals surface area contributed by atoms with E-state index in [0.29, 0.717) is 0 Å². The van der Waals surface area contributed by atoms with Crippen LogP contribution >= 0.6 is 11.3 Å². The van der Waals surface area contributed by atoms with E-state index in [4.69, 9.17) is 4.74 Å². The van der Waals surface area contributed by atoms with Crippen molar-refractivity contribution in [2.24, 2.45) is 0 Å². The van der Waals surface area contributed by atoms with Gasteiger partial charge in [0.25, 0.3) is 5.69 Å². The number of thiazole rings is 1. The van der Waals surface area contributed by atoms with Gasteiger partial charge in [0.1, 0.15) is 5.75 Å². The number of nitro groups is 1. The van der Waals surface area contributed by atoms with Crippen LogP contribution in [0.3, 0.4) is 0 Å². The van der Waals surface area contributed by atoms with Crippen molar-refractivity contribution < 1.29 is 9.66 Å². The first kappa shape index (κ1) is 15.9. The van der Waals surface area contributed by atoms with Gasteiger partial charge in [0.15, 0.2) is 5.13 Å². The lowest BCUT2D eigenvalue weighted by atomic mass is 10.2. The van der Waals surface area contributed by atoms with Gasteiger partial charge in [-0.1, -0.05) is 0 Å². The first-order valence-electron chi connectivity index (χ1n) is 7.19. The Morgan fingerprint density at radius 1 is 1.21 bits per heavy atom. The van der Waals surface area contributed by atoms with Crippen molar-refractivity contribution in [1.82, 2.24) is 4.98 Å². The van der Waals surface area contributed by atoms with E-state index in [1.807, 2.05) is 36.6 Å². The maximum Gasteiger partial charge on any atom is 0.269 e. The number of rotatable bonds is 5. The molecule has 0 aliphatic carbocycles. The summed E-state index contributed by atoms with van der Waals surface area (Å²) in [6.45, 7) is 1.83. The lowest BCUT2D eigenvalue weighted by Gasteiger charge is -2.06. The Morgan fingerprint density at radius 3 is 2.58 bits per heavy atom. The van der Waals surface area contributed by atoms with Crippen LogP contribution in [0, 0.1) is 17.0 Å². The normalized spacial score (nSPS) is 10.4. The third-order valence-electron chi connectivity index (χ3n) is 3.55. The number of aromatic nitrogens is 1. The predicted molar refractivity (Wildman–Crippen MR) is 95.2 cm³/mol. The van der Waals surface area contributed by atoms with Gasteiger partial charge in [-0.05, 0) is 42.8 Å². The standard InChI is InChI=1S/C17H15N3O3S/c1-11-9-13(20(21)22)5-8-15(11)18-17-19-16(10-24-17)12-3-6-14(23-2)7-4-12/h3-10H,1-2H3,(H,18,19). The monoisotopic (exact) mass is 341 g/mol. The number of ether oxygens (including phenoxy) is 1. The summed E-state index contributed by atoms with van der Waals surface area (Å²) in [4.78, 5) is 15.0. The number of methoxy groups -OCH3 is 1. The summed E-state index contributed by atoms with van der Waals surface area (Å²) in [7, 11) is 1.63. The highest BCUT2D eigenvalue weighted by Gasteiger charge is 2.10. The van der Waals surface area contributed by atoms with Gasteiger partial charge >= 0.3 is 0 Å². The molecule has 0 unspecified atom stereocenters. The zero-order chi connectivity index (χ0) is 17.1. The number of hydrogen-bond donors (Lipinski definition) is 1. The Morgan fingerprint density at radius 2 is 1.96 bits per heavy atom. The number of aryl methyl sites for hydroxylation is 1. The molecule has 122 valence electrons. The third-order valence-corrected chi connectivity index (χ3v) is 4.31. The summed E-state index contributed by atoms with van der Waals surface area (Å²) in [5.74, 6) is 0.800. The van der Waals surface area contributed by atoms with E-state index in [1.54, 1.807) is 19.2 Å². The summed E-state index contributed by atoms with van der Waals surface area (Å²) >= 11 is 1.48. The van der Waals surface area contributed by atoms with E-state index in [0.717, 1.165) is 33.4 Å². The topological polar surface area (TPSA) is 77.3 Å². The van der Waals surface area contributed by atoms with Crippen molar-refractivity contribution in [2.75, 3.05) is 12.4 Å². The van der Waals surface area contributed by atoms with E-state index in [2.05, 4.69) is 10.3 Å². The Hall–Kier alpha value is -2.93. The molecular weight excluding hydrogens is 326 g/mol. The van der Waals surface area contributed by atoms with Crippen LogP contribution in [0.4, 0.5) is 16.5 Å². The fourth-order valence-electron chi connectivity index (χ4n) is 2.24. The SMILES string of the molecule is COc1ccc(-c2csc(Nc3ccc([N+](=O)[O-])cc3C)n2)cc1. The highest BCUT2D eigenvalue weighted by atomic mass is 32.1. The van der Waals surface area contributed by atoms with Crippen LogP contribution in [0.2, 0.25) is 0 Å². The number of benzene rings is 2. The van der Waals surface area contributed by atoms with Gasteiger partial charge in [-0.3, -0.25) is 10.1 Å². The van der Waals surface area contributed by atoms with Gasteiger partial charge in [-0.25, -0.2) is 4.98 Å². The summed E-state index contributed by atoms with van der Waals surface area (Å²) in [6, 6.07) is 12.4. The van der Waals surface area contributed by atoms with Crippen molar-refractivity contribution in [3.63, 3.8) is 0 Å². The highest BCUT2D eigenvalue weighted by Crippen LogP contribution is 2.30. The van der Waals surface area contributed by atoms with Crippen LogP contribution in [0.25, 0.3) is 11.3 Å². The minimum Gasteiger partial charge on any atom is -0.497 e. The smallest absolute Gasteiger partial charge is 0.269 e. The number of non-ortho nitro benzene ring substituents is 1. The molecule has 0 bridgehead atoms. The quantitative estimate of drug-likeness (QED) is 0.534. The lowest BCUT2D eigenvalue weighted by Crippen LogP contribution is -1.95. The second-order valence-electron chi connectivity index (χ2n) is 5.15. The molecule has 1 aromatic heterocycles. The van der Waals surface area contributed by atoms with Crippen molar-refractivity contribution in [1.29, 1.82) is 0 Å². The molecule has 0 fully saturated rings. The van der Waals surface area contributed by atoms with Gasteiger partial charge in [0.05, 0.1) is 17.7 Å². The second-order valence-corrected chi connectivity index (χ2v) is 6.01. The molecule has 0 aliphatic rings. The molecule has 1 heterocycles. The van der Waals surface area contributed by atoms with Crippen molar-refractivity contribution in [2.45, 2.75) is 6.92 Å². The average molecular weight is 341 g/mol. The first-order chi connectivity index (χ1) is 11.6. The van der Waals surface area contributed by atoms with Crippen LogP contribution in [0.1, 0.15) is 5.56 Å². The second kappa shape index (κ2) is 6.67. The van der Waals surface area contributed by atoms with Crippen LogP contribution < -0.4 is 10.1 Å². The predicted octanol–water partition coefficient (Wildman–Crippen LogP) is 4.78. The molecule has 0 saturated carbocycles. The molecule has 6 nitrogen and oxygen atoms in total. The molecule has 24 heavy (non-hydrogen) atoms. The van der Waals surface area contributed by atoms with Gasteiger partial charge in [0, 0.05) is 28.8 Å². The van der Waals surface area contributed by atoms with Gasteiger partial charge < -0.3 is 10.1 Å². The lowest BCUT2D eigenvalue weighted by molar-refractivity contribution is -0.384. The number of hydrogen-bond acceptors (Lipinski definition) is 6. The maximum atomic E-state index is 10.8. The van der Waals surface area contributed by atoms with E-state index in [9.17, 15) is 10.1 Å². The van der Waals surface area contributed by atoms with Gasteiger partial charge in [-0.15, -0.1) is 11.3 Å². The van der Waals surface area contributed by atoms with Crippen LogP contribution in [0.15, 0.2) is 47.8 Å². The Kier molecular flexibility index (Phi) is 4.43. The minimum atomic E-state index is -0.401. The fraction of sp³-hybridized carbons (Fsp3) is 0.118. The van der Waals surface area contributed by atoms with E-state index in [1.165, 1.54) is 17.4 Å². The molecule has 0 atom stereocenters. The van der Waals surface area contributed by atoms with Crippen LogP contribution in [-0.2, 0) is 0 Å². The van der Waals surface area contributed by atoms with E-state index in [-0.39, 0.29) is 5.69 Å². The molecule has 0 aliphatic heterocycles. The average Bonchev–Trinajstić information content (AvgIpc) is 3.05. The van der Waals surface area contributed by atoms with Crippen molar-refractivity contribution in [3.8, 4) is 17.0 Å². The molecule has 1 N–H and O–H groups in total. The zero-order valence-electron chi connectivity index (χ0n) is 13.1. The number of nitrogens with zero attached hydrogens (tertiary/aromatic N) is 2. The molecule has 3 rings (SSSR count). The zero-order valence-corrected chi connectivity index (χ0v) is 14.0. The fourth-order valence-corrected chi connectivity index (χ4v) is 2.97. The number of anilines is 2. The molecule has 0 saturated heterocycles. The summed E-state index contributed by atoms with van der Waals surface area (Å²) < 4.78 is 5.15. The maximum absolute atomic E-state index is 10.8. The molecule has 0 spiro atoms. The van der Waals surface area contributed by atoms with Gasteiger partial charge in [-0.2, -0.15) is 0 Å². The number of nitrogens with one attached hydrogen (secondary N) is 1. The highest BCUT2D eigenvalue weighted by molar-refractivity contribution is 7.14. The Bertz CT molecular complexity index is 875. The summed E-state index contributed by atoms with van der Waals surface area (Å²) in [6.07, 6.45) is 0. The molecule has 0 radical (unpaired) electrons. The summed E-state index contributed by atoms with van der Waals surface area (Å²) in [5, 5.41) is 16.7. The molecule has 3 aromatic rings. The van der Waals surface area contributed by atoms with E-state index < -0.39 is 4.92 Å². The van der Waals surface area contributed by atoms with Crippen LogP contribution in [0.5, 0.6) is 5.75 Å². The summed E-state index contributed by atoms with van der Waals surface area (Å²) in [5.41, 5.74) is 3.54. The van der Waals surface area contributed by atoms with Crippen molar-refractivity contribution >= 4 is 27.8 Å². The number of nitro benzene ring substituents is 1. The third kappa shape index (κ3) is 3.36. The Balaban J connectivity index is 1.79. The largest absolute Gasteiger partial charge is 0.497 e. The van der Waals surface area contributed by atoms with Gasteiger partial charge in [0.2, 0.25) is 0 Å². The molecule has 2 aromatic carbocycles. The first-order valence-corrected chi connectivity index (χ1v) is 8.07. The van der Waals surface area contributed by atoms with Crippen molar-refractivity contribution in [3.05, 3.63) is 63.5 Å². The minimum absolute atomic E-state index is 0.0797. The van der Waals surface area contributed by atoms with Crippen LogP contribution in [-0.4, -0.2) is 17.0 Å².